The minimum absolute atomic E-state index is 0.142. The fraction of sp³-hybridized carbons (Fsp3) is 0.550. The number of aryl methyl sites for hydroxylation is 1. The topological polar surface area (TPSA) is 24.0 Å². The van der Waals surface area contributed by atoms with Crippen LogP contribution in [0.3, 0.4) is 0 Å². The lowest BCUT2D eigenvalue weighted by atomic mass is 9.93. The van der Waals surface area contributed by atoms with Crippen molar-refractivity contribution < 1.29 is 4.39 Å². The van der Waals surface area contributed by atoms with Crippen molar-refractivity contribution >= 4 is 23.8 Å². The van der Waals surface area contributed by atoms with E-state index in [1.165, 1.54) is 43.4 Å². The number of hydrogen-bond donors (Lipinski definition) is 1. The third kappa shape index (κ3) is 2.59. The van der Waals surface area contributed by atoms with E-state index in [0.717, 1.165) is 42.7 Å². The number of hydrogen-bond acceptors (Lipinski definition) is 2. The molecule has 1 aromatic carbocycles. The highest BCUT2D eigenvalue weighted by atomic mass is 35.5. The molecule has 1 aliphatic carbocycles. The van der Waals surface area contributed by atoms with Gasteiger partial charge in [-0.1, -0.05) is 11.6 Å². The summed E-state index contributed by atoms with van der Waals surface area (Å²) in [6, 6.07) is 4.93. The van der Waals surface area contributed by atoms with Crippen LogP contribution in [0, 0.1) is 10.6 Å². The molecule has 2 atom stereocenters. The van der Waals surface area contributed by atoms with Crippen molar-refractivity contribution in [3.8, 4) is 0 Å². The van der Waals surface area contributed by atoms with Gasteiger partial charge in [-0.25, -0.2) is 4.39 Å². The van der Waals surface area contributed by atoms with Crippen molar-refractivity contribution in [3.05, 3.63) is 50.8 Å². The second kappa shape index (κ2) is 6.18. The molecular weight excluding hydrogens is 369 g/mol. The number of aromatic nitrogens is 2. The van der Waals surface area contributed by atoms with Crippen molar-refractivity contribution in [2.45, 2.75) is 50.0 Å². The molecule has 2 aliphatic heterocycles. The molecule has 0 amide bonds. The maximum atomic E-state index is 14.5. The van der Waals surface area contributed by atoms with Crippen LogP contribution in [0.15, 0.2) is 18.2 Å². The van der Waals surface area contributed by atoms with Crippen LogP contribution in [-0.4, -0.2) is 34.1 Å². The van der Waals surface area contributed by atoms with Crippen LogP contribution in [0.5, 0.6) is 0 Å². The van der Waals surface area contributed by atoms with Gasteiger partial charge in [0.25, 0.3) is 0 Å². The molecular formula is C20H23ClFN3S. The van der Waals surface area contributed by atoms with E-state index in [-0.39, 0.29) is 11.2 Å². The lowest BCUT2D eigenvalue weighted by molar-refractivity contribution is 0.333. The van der Waals surface area contributed by atoms with Gasteiger partial charge in [0, 0.05) is 34.3 Å². The van der Waals surface area contributed by atoms with Crippen LogP contribution in [0.25, 0.3) is 0 Å². The number of nitrogens with zero attached hydrogens (tertiary/aromatic N) is 2. The van der Waals surface area contributed by atoms with Crippen molar-refractivity contribution in [1.82, 2.24) is 14.5 Å². The van der Waals surface area contributed by atoms with Gasteiger partial charge in [0.2, 0.25) is 0 Å². The van der Waals surface area contributed by atoms with Gasteiger partial charge >= 0.3 is 0 Å². The van der Waals surface area contributed by atoms with E-state index in [1.54, 1.807) is 6.07 Å². The van der Waals surface area contributed by atoms with Crippen molar-refractivity contribution in [2.24, 2.45) is 0 Å². The maximum Gasteiger partial charge on any atom is 0.177 e. The van der Waals surface area contributed by atoms with Crippen LogP contribution < -0.4 is 0 Å². The molecule has 3 heterocycles. The highest BCUT2D eigenvalue weighted by molar-refractivity contribution is 7.71. The normalized spacial score (nSPS) is 26.9. The molecule has 0 radical (unpaired) electrons. The molecule has 6 heteroatoms. The second-order valence-corrected chi connectivity index (χ2v) is 8.89. The Kier molecular flexibility index (Phi) is 4.03. The van der Waals surface area contributed by atoms with Crippen LogP contribution in [0.4, 0.5) is 4.39 Å². The predicted molar refractivity (Wildman–Crippen MR) is 104 cm³/mol. The summed E-state index contributed by atoms with van der Waals surface area (Å²) in [5.74, 6) is 0.221. The summed E-state index contributed by atoms with van der Waals surface area (Å²) in [5.41, 5.74) is 3.20. The Morgan fingerprint density at radius 1 is 1.31 bits per heavy atom. The van der Waals surface area contributed by atoms with Crippen LogP contribution >= 0.6 is 23.8 Å². The number of imidazole rings is 1. The van der Waals surface area contributed by atoms with Gasteiger partial charge in [-0.2, -0.15) is 0 Å². The number of halogens is 2. The Hall–Kier alpha value is -1.17. The molecule has 26 heavy (non-hydrogen) atoms. The van der Waals surface area contributed by atoms with E-state index in [2.05, 4.69) is 14.5 Å². The fourth-order valence-corrected chi connectivity index (χ4v) is 5.61. The number of likely N-dealkylation sites (tertiary alicyclic amines) is 1. The summed E-state index contributed by atoms with van der Waals surface area (Å²) in [5, 5.41) is 0.606. The highest BCUT2D eigenvalue weighted by Crippen LogP contribution is 2.66. The largest absolute Gasteiger partial charge is 0.334 e. The van der Waals surface area contributed by atoms with E-state index in [4.69, 9.17) is 23.8 Å². The minimum atomic E-state index is -0.145. The summed E-state index contributed by atoms with van der Waals surface area (Å²) in [6.07, 6.45) is 5.83. The van der Waals surface area contributed by atoms with E-state index in [0.29, 0.717) is 10.9 Å². The number of nitrogens with one attached hydrogen (secondary N) is 1. The van der Waals surface area contributed by atoms with Gasteiger partial charge < -0.3 is 14.5 Å². The molecule has 0 bridgehead atoms. The summed E-state index contributed by atoms with van der Waals surface area (Å²) in [7, 11) is 0. The van der Waals surface area contributed by atoms with Gasteiger partial charge in [0.05, 0.1) is 0 Å². The summed E-state index contributed by atoms with van der Waals surface area (Å²) >= 11 is 11.7. The van der Waals surface area contributed by atoms with E-state index in [9.17, 15) is 4.39 Å². The average molecular weight is 392 g/mol. The Balaban J connectivity index is 1.38. The lowest BCUT2D eigenvalue weighted by Crippen LogP contribution is -2.20. The molecule has 1 N–H and O–H groups in total. The third-order valence-electron chi connectivity index (χ3n) is 6.51. The quantitative estimate of drug-likeness (QED) is 0.740. The molecule has 3 aliphatic rings. The standard InChI is InChI=1S/C20H23ClFN3S/c21-13-5-6-16(22)14(10-13)20-11-15(20)18-17(23-19(26)25(18)12-20)4-3-9-24-7-1-2-8-24/h5-6,10,15H,1-4,7-9,11-12H2,(H,23,26)/t15-,20+/m0/s1. The van der Waals surface area contributed by atoms with Gasteiger partial charge in [-0.3, -0.25) is 0 Å². The number of fused-ring (bicyclic) bond motifs is 3. The third-order valence-corrected chi connectivity index (χ3v) is 7.07. The maximum absolute atomic E-state index is 14.5. The summed E-state index contributed by atoms with van der Waals surface area (Å²) in [4.78, 5) is 5.98. The predicted octanol–water partition coefficient (Wildman–Crippen LogP) is 4.81. The molecule has 138 valence electrons. The molecule has 1 saturated carbocycles. The highest BCUT2D eigenvalue weighted by Gasteiger charge is 2.63. The van der Waals surface area contributed by atoms with E-state index < -0.39 is 0 Å². The molecule has 0 spiro atoms. The zero-order valence-electron chi connectivity index (χ0n) is 14.7. The Labute approximate surface area is 163 Å². The molecule has 3 nitrogen and oxygen atoms in total. The second-order valence-electron chi connectivity index (χ2n) is 8.07. The van der Waals surface area contributed by atoms with Crippen molar-refractivity contribution in [3.63, 3.8) is 0 Å². The number of rotatable bonds is 5. The van der Waals surface area contributed by atoms with Crippen LogP contribution in [-0.2, 0) is 18.4 Å². The number of aromatic amines is 1. The zero-order valence-corrected chi connectivity index (χ0v) is 16.3. The zero-order chi connectivity index (χ0) is 17.9. The monoisotopic (exact) mass is 391 g/mol. The molecule has 5 rings (SSSR count). The Morgan fingerprint density at radius 2 is 2.12 bits per heavy atom. The lowest BCUT2D eigenvalue weighted by Gasteiger charge is -2.14. The van der Waals surface area contributed by atoms with E-state index in [1.807, 2.05) is 6.07 Å². The van der Waals surface area contributed by atoms with Crippen LogP contribution in [0.2, 0.25) is 5.02 Å². The van der Waals surface area contributed by atoms with Gasteiger partial charge in [0.1, 0.15) is 5.82 Å². The minimum Gasteiger partial charge on any atom is -0.334 e. The first-order valence-corrected chi connectivity index (χ1v) is 10.4. The molecule has 2 fully saturated rings. The average Bonchev–Trinajstić information content (AvgIpc) is 2.96. The van der Waals surface area contributed by atoms with Gasteiger partial charge in [0.15, 0.2) is 4.77 Å². The Bertz CT molecular complexity index is 914. The van der Waals surface area contributed by atoms with Gasteiger partial charge in [-0.15, -0.1) is 0 Å². The molecule has 1 aromatic heterocycles. The first-order chi connectivity index (χ1) is 12.6. The fourth-order valence-electron chi connectivity index (χ4n) is 5.15. The number of H-pyrrole nitrogens is 1. The van der Waals surface area contributed by atoms with Crippen molar-refractivity contribution in [2.75, 3.05) is 19.6 Å². The first kappa shape index (κ1) is 17.0. The summed E-state index contributed by atoms with van der Waals surface area (Å²) in [6.45, 7) is 4.41. The van der Waals surface area contributed by atoms with Gasteiger partial charge in [-0.05, 0) is 87.7 Å². The first-order valence-electron chi connectivity index (χ1n) is 9.58. The molecule has 1 saturated heterocycles. The van der Waals surface area contributed by atoms with Crippen molar-refractivity contribution in [1.29, 1.82) is 0 Å². The van der Waals surface area contributed by atoms with E-state index >= 15 is 0 Å². The SMILES string of the molecule is Fc1ccc(Cl)cc1[C@]12C[C@H]1c1c(CCCN3CCCC3)[nH]c(=S)n1C2. The number of benzene rings is 1. The smallest absolute Gasteiger partial charge is 0.177 e. The molecule has 0 unspecified atom stereocenters. The summed E-state index contributed by atoms with van der Waals surface area (Å²) < 4.78 is 17.5. The molecule has 2 aromatic rings. The van der Waals surface area contributed by atoms with Crippen LogP contribution in [0.1, 0.15) is 48.6 Å². The Morgan fingerprint density at radius 3 is 2.92 bits per heavy atom.